The van der Waals surface area contributed by atoms with Crippen LogP contribution in [-0.2, 0) is 26.7 Å². The van der Waals surface area contributed by atoms with E-state index in [-0.39, 0.29) is 17.7 Å². The van der Waals surface area contributed by atoms with Crippen molar-refractivity contribution in [1.82, 2.24) is 29.7 Å². The number of nitrogens with zero attached hydrogens (tertiary/aromatic N) is 3. The molecule has 3 aromatic carbocycles. The van der Waals surface area contributed by atoms with Gasteiger partial charge in [0.25, 0.3) is 5.91 Å². The van der Waals surface area contributed by atoms with Crippen LogP contribution in [0, 0.1) is 0 Å². The van der Waals surface area contributed by atoms with Gasteiger partial charge >= 0.3 is 0 Å². The molecule has 4 N–H and O–H groups in total. The number of hydrogen-bond acceptors (Lipinski definition) is 4. The first-order chi connectivity index (χ1) is 19.0. The molecule has 0 fully saturated rings. The molecule has 7 rings (SSSR count). The highest BCUT2D eigenvalue weighted by Gasteiger charge is 2.33. The lowest BCUT2D eigenvalue weighted by Crippen LogP contribution is -2.22. The average molecular weight is 517 g/mol. The number of aromatic amines is 1. The van der Waals surface area contributed by atoms with Crippen LogP contribution in [0.25, 0.3) is 21.8 Å². The van der Waals surface area contributed by atoms with E-state index in [1.165, 1.54) is 16.5 Å². The molecule has 0 aliphatic carbocycles. The van der Waals surface area contributed by atoms with Crippen LogP contribution in [0.4, 0.5) is 0 Å². The van der Waals surface area contributed by atoms with Gasteiger partial charge in [0, 0.05) is 65.8 Å². The van der Waals surface area contributed by atoms with Gasteiger partial charge in [0.05, 0.1) is 24.6 Å². The van der Waals surface area contributed by atoms with E-state index < -0.39 is 0 Å². The van der Waals surface area contributed by atoms with Crippen molar-refractivity contribution in [2.24, 2.45) is 7.05 Å². The fourth-order valence-electron chi connectivity index (χ4n) is 5.73. The van der Waals surface area contributed by atoms with Crippen LogP contribution in [0.15, 0.2) is 85.5 Å². The maximum atomic E-state index is 12.7. The number of aromatic nitrogens is 4. The Bertz CT molecular complexity index is 1860. The number of H-pyrrole nitrogens is 1. The van der Waals surface area contributed by atoms with E-state index in [2.05, 4.69) is 61.7 Å². The minimum atomic E-state index is -0.334. The van der Waals surface area contributed by atoms with E-state index in [0.717, 1.165) is 40.0 Å². The summed E-state index contributed by atoms with van der Waals surface area (Å²) in [7, 11) is 1.98. The zero-order valence-electron chi connectivity index (χ0n) is 21.5. The molecular weight excluding hydrogens is 488 g/mol. The number of aryl methyl sites for hydroxylation is 1. The zero-order valence-corrected chi connectivity index (χ0v) is 21.5. The molecule has 1 amide bonds. The summed E-state index contributed by atoms with van der Waals surface area (Å²) in [4.78, 5) is 20.8. The summed E-state index contributed by atoms with van der Waals surface area (Å²) in [6.45, 7) is 2.01. The van der Waals surface area contributed by atoms with Crippen molar-refractivity contribution < 1.29 is 9.90 Å². The maximum absolute atomic E-state index is 12.7. The molecule has 4 heterocycles. The molecule has 8 heteroatoms. The highest BCUT2D eigenvalue weighted by atomic mass is 16.3. The van der Waals surface area contributed by atoms with E-state index in [1.807, 2.05) is 42.3 Å². The van der Waals surface area contributed by atoms with E-state index >= 15 is 0 Å². The predicted octanol–water partition coefficient (Wildman–Crippen LogP) is 4.73. The molecule has 8 nitrogen and oxygen atoms in total. The molecule has 0 saturated carbocycles. The van der Waals surface area contributed by atoms with Gasteiger partial charge in [-0.3, -0.25) is 4.79 Å². The second-order valence-corrected chi connectivity index (χ2v) is 10.2. The molecule has 6 aromatic rings. The molecule has 0 saturated heterocycles. The second kappa shape index (κ2) is 9.18. The molecule has 39 heavy (non-hydrogen) atoms. The lowest BCUT2D eigenvalue weighted by atomic mass is 9.95. The Morgan fingerprint density at radius 1 is 1.05 bits per heavy atom. The van der Waals surface area contributed by atoms with Gasteiger partial charge in [-0.05, 0) is 52.9 Å². The molecule has 1 atom stereocenters. The Morgan fingerprint density at radius 2 is 1.95 bits per heavy atom. The SMILES string of the molecule is Cn1cnc(Cn2ccc3ccc(CNCc4[nH]c5ccccc5c4[C@H]4NC(=O)c5ccc(O)cc54)cc32)c1. The Kier molecular flexibility index (Phi) is 5.49. The smallest absolute Gasteiger partial charge is 0.252 e. The van der Waals surface area contributed by atoms with Crippen LogP contribution < -0.4 is 10.6 Å². The number of imidazole rings is 1. The number of nitrogens with one attached hydrogen (secondary N) is 3. The van der Waals surface area contributed by atoms with Crippen molar-refractivity contribution in [3.05, 3.63) is 119 Å². The van der Waals surface area contributed by atoms with E-state index in [9.17, 15) is 9.90 Å². The van der Waals surface area contributed by atoms with Crippen molar-refractivity contribution in [1.29, 1.82) is 0 Å². The maximum Gasteiger partial charge on any atom is 0.252 e. The molecule has 0 unspecified atom stereocenters. The van der Waals surface area contributed by atoms with E-state index in [4.69, 9.17) is 0 Å². The summed E-state index contributed by atoms with van der Waals surface area (Å²) in [5, 5.41) is 19.1. The van der Waals surface area contributed by atoms with Crippen LogP contribution in [0.5, 0.6) is 5.75 Å². The van der Waals surface area contributed by atoms with Crippen LogP contribution in [0.1, 0.15) is 44.5 Å². The highest BCUT2D eigenvalue weighted by Crippen LogP contribution is 2.38. The Hall–Kier alpha value is -4.82. The lowest BCUT2D eigenvalue weighted by molar-refractivity contribution is 0.0960. The van der Waals surface area contributed by atoms with Gasteiger partial charge < -0.3 is 29.9 Å². The largest absolute Gasteiger partial charge is 0.508 e. The number of phenols is 1. The summed E-state index contributed by atoms with van der Waals surface area (Å²) < 4.78 is 4.19. The van der Waals surface area contributed by atoms with Crippen molar-refractivity contribution in [3.63, 3.8) is 0 Å². The summed E-state index contributed by atoms with van der Waals surface area (Å²) >= 11 is 0. The molecule has 3 aromatic heterocycles. The minimum absolute atomic E-state index is 0.124. The Labute approximate surface area is 224 Å². The minimum Gasteiger partial charge on any atom is -0.508 e. The van der Waals surface area contributed by atoms with Crippen molar-refractivity contribution in [2.45, 2.75) is 25.7 Å². The Morgan fingerprint density at radius 3 is 2.82 bits per heavy atom. The van der Waals surface area contributed by atoms with Crippen molar-refractivity contribution in [3.8, 4) is 5.75 Å². The quantitative estimate of drug-likeness (QED) is 0.246. The third-order valence-corrected chi connectivity index (χ3v) is 7.54. The molecule has 1 aliphatic rings. The topological polar surface area (TPSA) is 99.9 Å². The predicted molar refractivity (Wildman–Crippen MR) is 151 cm³/mol. The molecule has 194 valence electrons. The van der Waals surface area contributed by atoms with E-state index in [1.54, 1.807) is 18.2 Å². The van der Waals surface area contributed by atoms with Gasteiger partial charge in [-0.2, -0.15) is 0 Å². The van der Waals surface area contributed by atoms with Crippen LogP contribution >= 0.6 is 0 Å². The Balaban J connectivity index is 1.15. The van der Waals surface area contributed by atoms with Gasteiger partial charge in [0.2, 0.25) is 0 Å². The van der Waals surface area contributed by atoms with Gasteiger partial charge in [-0.25, -0.2) is 4.98 Å². The van der Waals surface area contributed by atoms with Crippen LogP contribution in [0.2, 0.25) is 0 Å². The number of fused-ring (bicyclic) bond motifs is 3. The second-order valence-electron chi connectivity index (χ2n) is 10.2. The van der Waals surface area contributed by atoms with Crippen molar-refractivity contribution >= 4 is 27.7 Å². The first kappa shape index (κ1) is 23.3. The van der Waals surface area contributed by atoms with Crippen LogP contribution in [-0.4, -0.2) is 30.1 Å². The first-order valence-corrected chi connectivity index (χ1v) is 13.0. The normalized spacial score (nSPS) is 14.8. The molecule has 0 radical (unpaired) electrons. The fraction of sp³-hybridized carbons (Fsp3) is 0.161. The number of para-hydroxylation sites is 1. The summed E-state index contributed by atoms with van der Waals surface area (Å²) in [6.07, 6.45) is 5.98. The number of benzene rings is 3. The number of aromatic hydroxyl groups is 1. The number of rotatable bonds is 7. The number of phenolic OH excluding ortho intramolecular Hbond substituents is 1. The fourth-order valence-corrected chi connectivity index (χ4v) is 5.73. The number of carbonyl (C=O) groups excluding carboxylic acids is 1. The highest BCUT2D eigenvalue weighted by molar-refractivity contribution is 6.01. The van der Waals surface area contributed by atoms with Crippen LogP contribution in [0.3, 0.4) is 0 Å². The third kappa shape index (κ3) is 4.15. The number of amides is 1. The number of hydrogen-bond donors (Lipinski definition) is 4. The molecule has 1 aliphatic heterocycles. The van der Waals surface area contributed by atoms with Crippen molar-refractivity contribution in [2.75, 3.05) is 0 Å². The van der Waals surface area contributed by atoms with Gasteiger partial charge in [-0.15, -0.1) is 0 Å². The molecule has 0 spiro atoms. The van der Waals surface area contributed by atoms with Gasteiger partial charge in [0.1, 0.15) is 5.75 Å². The van der Waals surface area contributed by atoms with E-state index in [0.29, 0.717) is 18.7 Å². The lowest BCUT2D eigenvalue weighted by Gasteiger charge is -2.15. The monoisotopic (exact) mass is 516 g/mol. The van der Waals surface area contributed by atoms with Gasteiger partial charge in [-0.1, -0.05) is 30.3 Å². The first-order valence-electron chi connectivity index (χ1n) is 13.0. The molecule has 0 bridgehead atoms. The molecular formula is C31H28N6O2. The average Bonchev–Trinajstić information content (AvgIpc) is 3.69. The van der Waals surface area contributed by atoms with Gasteiger partial charge in [0.15, 0.2) is 0 Å². The third-order valence-electron chi connectivity index (χ3n) is 7.54. The number of carbonyl (C=O) groups is 1. The zero-order chi connectivity index (χ0) is 26.5. The standard InChI is InChI=1S/C31H28N6O2/c1-36-16-21(33-18-36)17-37-11-10-20-7-6-19(12-28(20)37)14-32-15-27-29(24-4-2-3-5-26(24)34-27)30-25-13-22(38)8-9-23(25)31(39)35-30/h2-13,16,18,30,32,34,38H,14-15,17H2,1H3,(H,35,39)/t30-/m0/s1. The summed E-state index contributed by atoms with van der Waals surface area (Å²) in [5.41, 5.74) is 7.84. The summed E-state index contributed by atoms with van der Waals surface area (Å²) in [5.74, 6) is 0.0270. The summed E-state index contributed by atoms with van der Waals surface area (Å²) in [6, 6.07) is 21.4.